The zero-order valence-electron chi connectivity index (χ0n) is 13.0. The lowest BCUT2D eigenvalue weighted by atomic mass is 10.0. The largest absolute Gasteiger partial charge is 0.388 e. The monoisotopic (exact) mass is 321 g/mol. The van der Waals surface area contributed by atoms with Gasteiger partial charge >= 0.3 is 11.8 Å². The van der Waals surface area contributed by atoms with Crippen LogP contribution in [0.25, 0.3) is 0 Å². The fourth-order valence-corrected chi connectivity index (χ4v) is 2.27. The Balaban J connectivity index is 1.98. The van der Waals surface area contributed by atoms with Crippen LogP contribution >= 0.6 is 0 Å². The molecule has 2 amide bonds. The van der Waals surface area contributed by atoms with Crippen molar-refractivity contribution in [3.05, 3.63) is 33.9 Å². The highest BCUT2D eigenvalue weighted by atomic mass is 16.6. The number of aliphatic hydroxyl groups is 1. The van der Waals surface area contributed by atoms with E-state index >= 15 is 0 Å². The van der Waals surface area contributed by atoms with Gasteiger partial charge in [0.05, 0.1) is 10.5 Å². The Hall–Kier alpha value is -2.48. The predicted molar refractivity (Wildman–Crippen MR) is 82.8 cm³/mol. The van der Waals surface area contributed by atoms with Gasteiger partial charge in [-0.25, -0.2) is 0 Å². The molecule has 3 N–H and O–H groups in total. The second-order valence-corrected chi connectivity index (χ2v) is 6.05. The number of carbonyl (C=O) groups is 2. The van der Waals surface area contributed by atoms with E-state index in [1.807, 2.05) is 0 Å². The quantitative estimate of drug-likeness (QED) is 0.426. The molecule has 0 bridgehead atoms. The van der Waals surface area contributed by atoms with E-state index in [0.29, 0.717) is 5.56 Å². The average molecular weight is 321 g/mol. The number of nitro benzene ring substituents is 1. The first-order chi connectivity index (χ1) is 10.7. The third-order valence-corrected chi connectivity index (χ3v) is 3.87. The minimum absolute atomic E-state index is 0.0418. The molecule has 124 valence electrons. The maximum absolute atomic E-state index is 11.8. The summed E-state index contributed by atoms with van der Waals surface area (Å²) in [7, 11) is 0. The van der Waals surface area contributed by atoms with Crippen LogP contribution in [0.2, 0.25) is 0 Å². The van der Waals surface area contributed by atoms with Gasteiger partial charge in [0.1, 0.15) is 5.69 Å². The number of amides is 2. The fourth-order valence-electron chi connectivity index (χ4n) is 2.27. The maximum atomic E-state index is 11.8. The van der Waals surface area contributed by atoms with Gasteiger partial charge in [-0.1, -0.05) is 6.07 Å². The number of aryl methyl sites for hydroxylation is 1. The van der Waals surface area contributed by atoms with E-state index < -0.39 is 22.3 Å². The van der Waals surface area contributed by atoms with Crippen LogP contribution in [-0.4, -0.2) is 34.0 Å². The van der Waals surface area contributed by atoms with Crippen LogP contribution in [0.5, 0.6) is 0 Å². The zero-order valence-corrected chi connectivity index (χ0v) is 13.0. The molecule has 0 radical (unpaired) electrons. The second-order valence-electron chi connectivity index (χ2n) is 6.05. The summed E-state index contributed by atoms with van der Waals surface area (Å²) in [6, 6.07) is 4.28. The van der Waals surface area contributed by atoms with Gasteiger partial charge in [-0.3, -0.25) is 19.7 Å². The number of hydrogen-bond acceptors (Lipinski definition) is 5. The lowest BCUT2D eigenvalue weighted by Gasteiger charge is -2.22. The minimum Gasteiger partial charge on any atom is -0.388 e. The first-order valence-electron chi connectivity index (χ1n) is 7.27. The van der Waals surface area contributed by atoms with Gasteiger partial charge in [0.15, 0.2) is 0 Å². The molecule has 1 saturated carbocycles. The summed E-state index contributed by atoms with van der Waals surface area (Å²) in [6.07, 6.45) is 1.79. The molecule has 0 saturated heterocycles. The van der Waals surface area contributed by atoms with E-state index in [2.05, 4.69) is 10.6 Å². The van der Waals surface area contributed by atoms with Crippen LogP contribution in [0, 0.1) is 23.0 Å². The smallest absolute Gasteiger partial charge is 0.313 e. The molecule has 0 heterocycles. The number of anilines is 1. The Bertz CT molecular complexity index is 653. The SMILES string of the molecule is Cc1ccc(NC(=O)C(=O)NCC(C)(O)C2CC2)c([N+](=O)[O-])c1. The standard InChI is InChI=1S/C15H19N3O5/c1-9-3-6-11(12(7-9)18(22)23)17-14(20)13(19)16-8-15(2,21)10-4-5-10/h3,6-7,10,21H,4-5,8H2,1-2H3,(H,16,19)(H,17,20). The lowest BCUT2D eigenvalue weighted by molar-refractivity contribution is -0.384. The molecule has 8 heteroatoms. The Labute approximate surface area is 133 Å². The van der Waals surface area contributed by atoms with E-state index in [1.54, 1.807) is 19.9 Å². The highest BCUT2D eigenvalue weighted by Gasteiger charge is 2.40. The zero-order chi connectivity index (χ0) is 17.2. The van der Waals surface area contributed by atoms with Crippen LogP contribution in [0.3, 0.4) is 0 Å². The third kappa shape index (κ3) is 4.26. The molecule has 8 nitrogen and oxygen atoms in total. The van der Waals surface area contributed by atoms with Crippen molar-refractivity contribution in [3.63, 3.8) is 0 Å². The average Bonchev–Trinajstić information content (AvgIpc) is 3.31. The summed E-state index contributed by atoms with van der Waals surface area (Å²) in [6.45, 7) is 3.25. The molecule has 0 spiro atoms. The van der Waals surface area contributed by atoms with Crippen molar-refractivity contribution in [2.24, 2.45) is 5.92 Å². The number of nitrogens with one attached hydrogen (secondary N) is 2. The highest BCUT2D eigenvalue weighted by molar-refractivity contribution is 6.39. The second kappa shape index (κ2) is 6.33. The molecule has 1 unspecified atom stereocenters. The number of nitro groups is 1. The molecule has 1 aliphatic rings. The van der Waals surface area contributed by atoms with E-state index in [9.17, 15) is 24.8 Å². The summed E-state index contributed by atoms with van der Waals surface area (Å²) in [5.74, 6) is -1.83. The van der Waals surface area contributed by atoms with Crippen molar-refractivity contribution in [3.8, 4) is 0 Å². The Morgan fingerprint density at radius 2 is 2.04 bits per heavy atom. The molecule has 1 aliphatic carbocycles. The molecule has 1 aromatic rings. The van der Waals surface area contributed by atoms with E-state index in [1.165, 1.54) is 12.1 Å². The minimum atomic E-state index is -1.05. The van der Waals surface area contributed by atoms with Crippen LogP contribution < -0.4 is 10.6 Å². The number of benzene rings is 1. The maximum Gasteiger partial charge on any atom is 0.313 e. The van der Waals surface area contributed by atoms with Crippen molar-refractivity contribution in [1.29, 1.82) is 0 Å². The lowest BCUT2D eigenvalue weighted by Crippen LogP contribution is -2.45. The van der Waals surface area contributed by atoms with Gasteiger partial charge in [0.2, 0.25) is 0 Å². The van der Waals surface area contributed by atoms with Crippen LogP contribution in [0.1, 0.15) is 25.3 Å². The van der Waals surface area contributed by atoms with E-state index in [-0.39, 0.29) is 23.8 Å². The molecule has 1 atom stereocenters. The summed E-state index contributed by atoms with van der Waals surface area (Å²) >= 11 is 0. The Morgan fingerprint density at radius 3 is 2.61 bits per heavy atom. The Morgan fingerprint density at radius 1 is 1.39 bits per heavy atom. The number of nitrogens with zero attached hydrogens (tertiary/aromatic N) is 1. The van der Waals surface area contributed by atoms with Crippen LogP contribution in [0.15, 0.2) is 18.2 Å². The van der Waals surface area contributed by atoms with Gasteiger partial charge in [-0.2, -0.15) is 0 Å². The highest BCUT2D eigenvalue weighted by Crippen LogP contribution is 2.39. The first kappa shape index (κ1) is 16.9. The fraction of sp³-hybridized carbons (Fsp3) is 0.467. The van der Waals surface area contributed by atoms with E-state index in [4.69, 9.17) is 0 Å². The number of carbonyl (C=O) groups excluding carboxylic acids is 2. The summed E-state index contributed by atoms with van der Waals surface area (Å²) in [5.41, 5.74) is -0.711. The van der Waals surface area contributed by atoms with Crippen molar-refractivity contribution in [2.75, 3.05) is 11.9 Å². The summed E-state index contributed by atoms with van der Waals surface area (Å²) < 4.78 is 0. The third-order valence-electron chi connectivity index (χ3n) is 3.87. The van der Waals surface area contributed by atoms with Crippen molar-refractivity contribution in [2.45, 2.75) is 32.3 Å². The molecule has 23 heavy (non-hydrogen) atoms. The summed E-state index contributed by atoms with van der Waals surface area (Å²) in [5, 5.41) is 25.7. The van der Waals surface area contributed by atoms with Crippen molar-refractivity contribution >= 4 is 23.2 Å². The van der Waals surface area contributed by atoms with Gasteiger partial charge in [0.25, 0.3) is 5.69 Å². The molecule has 2 rings (SSSR count). The predicted octanol–water partition coefficient (Wildman–Crippen LogP) is 1.12. The van der Waals surface area contributed by atoms with Gasteiger partial charge in [-0.05, 0) is 44.2 Å². The molecule has 1 fully saturated rings. The van der Waals surface area contributed by atoms with E-state index in [0.717, 1.165) is 12.8 Å². The topological polar surface area (TPSA) is 122 Å². The number of rotatable bonds is 5. The Kier molecular flexibility index (Phi) is 4.65. The van der Waals surface area contributed by atoms with Crippen molar-refractivity contribution in [1.82, 2.24) is 5.32 Å². The molecular formula is C15H19N3O5. The van der Waals surface area contributed by atoms with Crippen molar-refractivity contribution < 1.29 is 19.6 Å². The molecule has 0 aromatic heterocycles. The normalized spacial score (nSPS) is 16.3. The summed E-state index contributed by atoms with van der Waals surface area (Å²) in [4.78, 5) is 34.0. The van der Waals surface area contributed by atoms with Gasteiger partial charge in [0, 0.05) is 12.6 Å². The van der Waals surface area contributed by atoms with Crippen LogP contribution in [-0.2, 0) is 9.59 Å². The van der Waals surface area contributed by atoms with Gasteiger partial charge in [-0.15, -0.1) is 0 Å². The van der Waals surface area contributed by atoms with Crippen LogP contribution in [0.4, 0.5) is 11.4 Å². The molecule has 0 aliphatic heterocycles. The number of hydrogen-bond donors (Lipinski definition) is 3. The molecular weight excluding hydrogens is 302 g/mol. The first-order valence-corrected chi connectivity index (χ1v) is 7.27. The molecule has 1 aromatic carbocycles. The van der Waals surface area contributed by atoms with Gasteiger partial charge < -0.3 is 15.7 Å².